The van der Waals surface area contributed by atoms with Crippen LogP contribution in [0.15, 0.2) is 72.8 Å². The molecule has 6 nitrogen and oxygen atoms in total. The fraction of sp³-hybridized carbons (Fsp3) is 0.0769. The van der Waals surface area contributed by atoms with E-state index in [1.807, 2.05) is 6.07 Å². The van der Waals surface area contributed by atoms with Gasteiger partial charge in [-0.1, -0.05) is 48.0 Å². The summed E-state index contributed by atoms with van der Waals surface area (Å²) in [5, 5.41) is 1.17. The number of pyridine rings is 1. The summed E-state index contributed by atoms with van der Waals surface area (Å²) in [5.74, 6) is -1.48. The molecule has 3 aromatic carbocycles. The Morgan fingerprint density at radius 3 is 2.52 bits per heavy atom. The van der Waals surface area contributed by atoms with Crippen molar-refractivity contribution in [2.75, 3.05) is 4.90 Å². The van der Waals surface area contributed by atoms with Crippen molar-refractivity contribution >= 4 is 46.0 Å². The van der Waals surface area contributed by atoms with E-state index >= 15 is 0 Å². The average molecular weight is 457 g/mol. The molecule has 0 spiro atoms. The van der Waals surface area contributed by atoms with Gasteiger partial charge in [-0.05, 0) is 48.9 Å². The molecule has 1 aliphatic rings. The quantitative estimate of drug-likeness (QED) is 0.305. The maximum absolute atomic E-state index is 13.3. The summed E-state index contributed by atoms with van der Waals surface area (Å²) in [6.45, 7) is 1.76. The topological polar surface area (TPSA) is 76.6 Å². The summed E-state index contributed by atoms with van der Waals surface area (Å²) < 4.78 is 5.38. The van der Waals surface area contributed by atoms with Gasteiger partial charge < -0.3 is 4.74 Å². The number of rotatable bonds is 4. The third-order valence-electron chi connectivity index (χ3n) is 5.51. The van der Waals surface area contributed by atoms with Crippen molar-refractivity contribution in [3.63, 3.8) is 0 Å². The molecule has 2 heterocycles. The van der Waals surface area contributed by atoms with Crippen LogP contribution in [0.2, 0.25) is 5.02 Å². The number of benzene rings is 3. The van der Waals surface area contributed by atoms with Crippen molar-refractivity contribution in [1.82, 2.24) is 4.98 Å². The van der Waals surface area contributed by atoms with E-state index in [1.54, 1.807) is 67.6 Å². The second-order valence-corrected chi connectivity index (χ2v) is 8.10. The van der Waals surface area contributed by atoms with Gasteiger partial charge in [-0.25, -0.2) is 9.69 Å². The molecule has 33 heavy (non-hydrogen) atoms. The zero-order valence-corrected chi connectivity index (χ0v) is 18.3. The number of aromatic nitrogens is 1. The lowest BCUT2D eigenvalue weighted by molar-refractivity contribution is 0.0472. The van der Waals surface area contributed by atoms with E-state index in [2.05, 4.69) is 4.98 Å². The van der Waals surface area contributed by atoms with Crippen LogP contribution in [0.5, 0.6) is 0 Å². The van der Waals surface area contributed by atoms with Crippen molar-refractivity contribution in [2.45, 2.75) is 13.5 Å². The molecule has 0 radical (unpaired) electrons. The zero-order valence-electron chi connectivity index (χ0n) is 17.5. The summed E-state index contributed by atoms with van der Waals surface area (Å²) in [6.07, 6.45) is 0. The van der Waals surface area contributed by atoms with Crippen molar-refractivity contribution in [1.29, 1.82) is 0 Å². The van der Waals surface area contributed by atoms with Crippen LogP contribution in [0.3, 0.4) is 0 Å². The summed E-state index contributed by atoms with van der Waals surface area (Å²) >= 11 is 5.97. The first-order chi connectivity index (χ1) is 15.9. The number of hydrogen-bond donors (Lipinski definition) is 0. The molecule has 0 unspecified atom stereocenters. The Bertz CT molecular complexity index is 1460. The van der Waals surface area contributed by atoms with Gasteiger partial charge in [0.15, 0.2) is 0 Å². The molecule has 4 aromatic rings. The normalized spacial score (nSPS) is 12.8. The van der Waals surface area contributed by atoms with Gasteiger partial charge in [0, 0.05) is 10.4 Å². The van der Waals surface area contributed by atoms with Crippen LogP contribution < -0.4 is 4.90 Å². The minimum atomic E-state index is -0.572. The number of imide groups is 1. The highest BCUT2D eigenvalue weighted by molar-refractivity contribution is 6.37. The number of para-hydroxylation sites is 1. The predicted octanol–water partition coefficient (Wildman–Crippen LogP) is 5.35. The molecule has 2 amide bonds. The maximum atomic E-state index is 13.3. The number of amides is 2. The Morgan fingerprint density at radius 2 is 1.70 bits per heavy atom. The Balaban J connectivity index is 1.45. The Morgan fingerprint density at radius 1 is 0.939 bits per heavy atom. The number of anilines is 1. The molecule has 0 saturated carbocycles. The molecule has 0 saturated heterocycles. The summed E-state index contributed by atoms with van der Waals surface area (Å²) in [6, 6.07) is 20.5. The van der Waals surface area contributed by atoms with Gasteiger partial charge >= 0.3 is 5.97 Å². The molecule has 1 aromatic heterocycles. The lowest BCUT2D eigenvalue weighted by Gasteiger charge is -2.15. The standard InChI is InChI=1S/C26H17ClN2O4/c1-15-22-23(20-10-2-3-11-21(20)28-15)25(31)29(24(22)30)19-9-5-7-17(13-19)26(32)33-14-16-6-4-8-18(27)12-16/h2-13H,14H2,1H3. The number of hydrogen-bond acceptors (Lipinski definition) is 5. The van der Waals surface area contributed by atoms with Crippen molar-refractivity contribution < 1.29 is 19.1 Å². The first kappa shape index (κ1) is 20.8. The van der Waals surface area contributed by atoms with E-state index in [9.17, 15) is 14.4 Å². The Hall–Kier alpha value is -4.03. The minimum Gasteiger partial charge on any atom is -0.457 e. The van der Waals surface area contributed by atoms with Crippen molar-refractivity contribution in [3.05, 3.63) is 106 Å². The summed E-state index contributed by atoms with van der Waals surface area (Å²) in [7, 11) is 0. The first-order valence-electron chi connectivity index (χ1n) is 10.2. The lowest BCUT2D eigenvalue weighted by atomic mass is 10.0. The van der Waals surface area contributed by atoms with E-state index < -0.39 is 17.8 Å². The third kappa shape index (κ3) is 3.64. The molecular weight excluding hydrogens is 440 g/mol. The first-order valence-corrected chi connectivity index (χ1v) is 10.6. The van der Waals surface area contributed by atoms with Gasteiger partial charge in [-0.15, -0.1) is 0 Å². The summed E-state index contributed by atoms with van der Waals surface area (Å²) in [4.78, 5) is 44.8. The molecule has 7 heteroatoms. The molecule has 0 fully saturated rings. The number of carbonyl (C=O) groups is 3. The molecule has 0 atom stereocenters. The zero-order chi connectivity index (χ0) is 23.1. The largest absolute Gasteiger partial charge is 0.457 e. The fourth-order valence-corrected chi connectivity index (χ4v) is 4.21. The molecule has 5 rings (SSSR count). The molecule has 162 valence electrons. The number of nitrogens with zero attached hydrogens (tertiary/aromatic N) is 2. The van der Waals surface area contributed by atoms with Crippen LogP contribution in [0.4, 0.5) is 5.69 Å². The van der Waals surface area contributed by atoms with E-state index in [4.69, 9.17) is 16.3 Å². The van der Waals surface area contributed by atoms with Crippen LogP contribution >= 0.6 is 11.6 Å². The van der Waals surface area contributed by atoms with Crippen LogP contribution in [-0.4, -0.2) is 22.8 Å². The molecular formula is C26H17ClN2O4. The molecule has 0 aliphatic carbocycles. The fourth-order valence-electron chi connectivity index (χ4n) is 4.00. The Kier molecular flexibility index (Phi) is 5.15. The number of halogens is 1. The number of aryl methyl sites for hydroxylation is 1. The van der Waals surface area contributed by atoms with E-state index in [0.29, 0.717) is 32.9 Å². The number of ether oxygens (including phenoxy) is 1. The minimum absolute atomic E-state index is 0.0491. The lowest BCUT2D eigenvalue weighted by Crippen LogP contribution is -2.29. The highest BCUT2D eigenvalue weighted by Gasteiger charge is 2.40. The van der Waals surface area contributed by atoms with Gasteiger partial charge in [0.1, 0.15) is 6.61 Å². The van der Waals surface area contributed by atoms with E-state index in [-0.39, 0.29) is 17.7 Å². The monoisotopic (exact) mass is 456 g/mol. The smallest absolute Gasteiger partial charge is 0.338 e. The SMILES string of the molecule is Cc1nc2ccccc2c2c1C(=O)N(c1cccc(C(=O)OCc3cccc(Cl)c3)c1)C2=O. The molecule has 1 aliphatic heterocycles. The highest BCUT2D eigenvalue weighted by atomic mass is 35.5. The highest BCUT2D eigenvalue weighted by Crippen LogP contribution is 2.34. The van der Waals surface area contributed by atoms with Crippen molar-refractivity contribution in [2.24, 2.45) is 0 Å². The van der Waals surface area contributed by atoms with E-state index in [1.165, 1.54) is 6.07 Å². The number of fused-ring (bicyclic) bond motifs is 3. The second-order valence-electron chi connectivity index (χ2n) is 7.67. The van der Waals surface area contributed by atoms with Gasteiger partial charge in [0.05, 0.1) is 33.6 Å². The van der Waals surface area contributed by atoms with Gasteiger partial charge in [0.25, 0.3) is 11.8 Å². The predicted molar refractivity (Wildman–Crippen MR) is 125 cm³/mol. The van der Waals surface area contributed by atoms with Crippen LogP contribution in [0.1, 0.15) is 42.3 Å². The van der Waals surface area contributed by atoms with Gasteiger partial charge in [-0.2, -0.15) is 0 Å². The molecule has 0 bridgehead atoms. The molecule has 0 N–H and O–H groups in total. The average Bonchev–Trinajstić information content (AvgIpc) is 3.08. The third-order valence-corrected chi connectivity index (χ3v) is 5.74. The van der Waals surface area contributed by atoms with Gasteiger partial charge in [-0.3, -0.25) is 14.6 Å². The van der Waals surface area contributed by atoms with Crippen LogP contribution in [0, 0.1) is 6.92 Å². The summed E-state index contributed by atoms with van der Waals surface area (Å²) in [5.41, 5.74) is 3.02. The number of carbonyl (C=O) groups excluding carboxylic acids is 3. The maximum Gasteiger partial charge on any atom is 0.338 e. The van der Waals surface area contributed by atoms with E-state index in [0.717, 1.165) is 10.5 Å². The Labute approximate surface area is 194 Å². The second kappa shape index (κ2) is 8.15. The van der Waals surface area contributed by atoms with Gasteiger partial charge in [0.2, 0.25) is 0 Å². The van der Waals surface area contributed by atoms with Crippen molar-refractivity contribution in [3.8, 4) is 0 Å². The number of esters is 1. The van der Waals surface area contributed by atoms with Crippen LogP contribution in [0.25, 0.3) is 10.9 Å². The van der Waals surface area contributed by atoms with Crippen LogP contribution in [-0.2, 0) is 11.3 Å².